The van der Waals surface area contributed by atoms with Crippen molar-refractivity contribution in [3.05, 3.63) is 40.3 Å². The molecular formula is C17H26N4OS. The Bertz CT molecular complexity index is 583. The summed E-state index contributed by atoms with van der Waals surface area (Å²) >= 11 is 1.84. The van der Waals surface area contributed by atoms with Crippen LogP contribution in [0.4, 0.5) is 0 Å². The van der Waals surface area contributed by atoms with E-state index in [1.807, 2.05) is 22.2 Å². The SMILES string of the molecule is CCn1cc(CNC[C@@H](c2cccs2)N2CCO[C@@H](C)C2)cn1. The Morgan fingerprint density at radius 3 is 3.13 bits per heavy atom. The minimum Gasteiger partial charge on any atom is -0.376 e. The number of ether oxygens (including phenoxy) is 1. The molecule has 23 heavy (non-hydrogen) atoms. The third-order valence-corrected chi connectivity index (χ3v) is 5.24. The number of rotatable bonds is 7. The standard InChI is InChI=1S/C17H26N4OS/c1-3-21-13-15(10-19-21)9-18-11-16(17-5-4-8-23-17)20-6-7-22-14(2)12-20/h4-5,8,10,13-14,16,18H,3,6-7,9,11-12H2,1-2H3/t14-,16-/m0/s1. The van der Waals surface area contributed by atoms with E-state index in [1.165, 1.54) is 10.4 Å². The van der Waals surface area contributed by atoms with Crippen LogP contribution in [0.25, 0.3) is 0 Å². The maximum atomic E-state index is 5.69. The van der Waals surface area contributed by atoms with Crippen LogP contribution >= 0.6 is 11.3 Å². The highest BCUT2D eigenvalue weighted by atomic mass is 32.1. The molecule has 1 aliphatic heterocycles. The highest BCUT2D eigenvalue weighted by molar-refractivity contribution is 7.10. The van der Waals surface area contributed by atoms with E-state index in [1.54, 1.807) is 0 Å². The van der Waals surface area contributed by atoms with Gasteiger partial charge in [0.1, 0.15) is 0 Å². The van der Waals surface area contributed by atoms with Crippen molar-refractivity contribution in [2.75, 3.05) is 26.2 Å². The third kappa shape index (κ3) is 4.41. The number of morpholine rings is 1. The van der Waals surface area contributed by atoms with E-state index >= 15 is 0 Å². The predicted molar refractivity (Wildman–Crippen MR) is 93.7 cm³/mol. The second-order valence-electron chi connectivity index (χ2n) is 6.04. The number of hydrogen-bond donors (Lipinski definition) is 1. The van der Waals surface area contributed by atoms with Crippen molar-refractivity contribution in [1.29, 1.82) is 0 Å². The molecule has 6 heteroatoms. The zero-order valence-electron chi connectivity index (χ0n) is 13.9. The summed E-state index contributed by atoms with van der Waals surface area (Å²) in [6, 6.07) is 4.80. The molecule has 5 nitrogen and oxygen atoms in total. The fraction of sp³-hybridized carbons (Fsp3) is 0.588. The van der Waals surface area contributed by atoms with Crippen molar-refractivity contribution in [2.45, 2.75) is 39.1 Å². The van der Waals surface area contributed by atoms with Gasteiger partial charge in [0.15, 0.2) is 0 Å². The van der Waals surface area contributed by atoms with Crippen LogP contribution in [0.2, 0.25) is 0 Å². The molecule has 0 amide bonds. The first-order chi connectivity index (χ1) is 11.3. The van der Waals surface area contributed by atoms with Crippen molar-refractivity contribution in [1.82, 2.24) is 20.0 Å². The van der Waals surface area contributed by atoms with Gasteiger partial charge >= 0.3 is 0 Å². The summed E-state index contributed by atoms with van der Waals surface area (Å²) in [6.07, 6.45) is 4.38. The maximum Gasteiger partial charge on any atom is 0.0674 e. The van der Waals surface area contributed by atoms with Crippen LogP contribution in [0, 0.1) is 0 Å². The Morgan fingerprint density at radius 2 is 2.43 bits per heavy atom. The fourth-order valence-corrected chi connectivity index (χ4v) is 3.90. The van der Waals surface area contributed by atoms with E-state index in [-0.39, 0.29) is 0 Å². The van der Waals surface area contributed by atoms with Crippen LogP contribution < -0.4 is 5.32 Å². The Morgan fingerprint density at radius 1 is 1.52 bits per heavy atom. The van der Waals surface area contributed by atoms with Gasteiger partial charge in [-0.25, -0.2) is 0 Å². The molecule has 1 aliphatic rings. The monoisotopic (exact) mass is 334 g/mol. The summed E-state index contributed by atoms with van der Waals surface area (Å²) in [4.78, 5) is 3.97. The highest BCUT2D eigenvalue weighted by Crippen LogP contribution is 2.26. The lowest BCUT2D eigenvalue weighted by molar-refractivity contribution is -0.0339. The minimum absolute atomic E-state index is 0.314. The van der Waals surface area contributed by atoms with E-state index in [2.05, 4.69) is 52.9 Å². The lowest BCUT2D eigenvalue weighted by Gasteiger charge is -2.37. The van der Waals surface area contributed by atoms with Gasteiger partial charge in [-0.15, -0.1) is 11.3 Å². The molecule has 3 heterocycles. The Hall–Kier alpha value is -1.21. The van der Waals surface area contributed by atoms with Gasteiger partial charge in [0, 0.05) is 49.4 Å². The molecule has 0 spiro atoms. The molecule has 0 aromatic carbocycles. The van der Waals surface area contributed by atoms with Crippen molar-refractivity contribution in [3.8, 4) is 0 Å². The van der Waals surface area contributed by atoms with E-state index in [4.69, 9.17) is 4.74 Å². The summed E-state index contributed by atoms with van der Waals surface area (Å²) in [5.74, 6) is 0. The van der Waals surface area contributed by atoms with Crippen LogP contribution in [0.3, 0.4) is 0 Å². The lowest BCUT2D eigenvalue weighted by atomic mass is 10.1. The molecule has 1 N–H and O–H groups in total. The quantitative estimate of drug-likeness (QED) is 0.845. The van der Waals surface area contributed by atoms with Gasteiger partial charge in [-0.3, -0.25) is 9.58 Å². The normalized spacial score (nSPS) is 20.7. The third-order valence-electron chi connectivity index (χ3n) is 4.26. The van der Waals surface area contributed by atoms with Crippen LogP contribution in [0.15, 0.2) is 29.9 Å². The number of nitrogens with one attached hydrogen (secondary N) is 1. The average Bonchev–Trinajstić information content (AvgIpc) is 3.23. The molecule has 0 unspecified atom stereocenters. The van der Waals surface area contributed by atoms with Crippen molar-refractivity contribution in [2.24, 2.45) is 0 Å². The van der Waals surface area contributed by atoms with Crippen LogP contribution in [0.1, 0.15) is 30.3 Å². The zero-order valence-corrected chi connectivity index (χ0v) is 14.8. The molecule has 3 rings (SSSR count). The zero-order chi connectivity index (χ0) is 16.1. The number of nitrogens with zero attached hydrogens (tertiary/aromatic N) is 3. The minimum atomic E-state index is 0.314. The average molecular weight is 334 g/mol. The molecule has 0 aliphatic carbocycles. The summed E-state index contributed by atoms with van der Waals surface area (Å²) in [7, 11) is 0. The van der Waals surface area contributed by atoms with Gasteiger partial charge in [-0.05, 0) is 25.3 Å². The van der Waals surface area contributed by atoms with Gasteiger partial charge in [-0.2, -0.15) is 5.10 Å². The largest absolute Gasteiger partial charge is 0.376 e. The molecule has 0 radical (unpaired) electrons. The molecule has 126 valence electrons. The van der Waals surface area contributed by atoms with E-state index in [0.717, 1.165) is 39.3 Å². The van der Waals surface area contributed by atoms with Crippen LogP contribution in [-0.2, 0) is 17.8 Å². The predicted octanol–water partition coefficient (Wildman–Crippen LogP) is 2.52. The first-order valence-electron chi connectivity index (χ1n) is 8.37. The van der Waals surface area contributed by atoms with Gasteiger partial charge < -0.3 is 10.1 Å². The molecular weight excluding hydrogens is 308 g/mol. The first-order valence-corrected chi connectivity index (χ1v) is 9.25. The molecule has 1 saturated heterocycles. The fourth-order valence-electron chi connectivity index (χ4n) is 3.04. The number of thiophene rings is 1. The Balaban J connectivity index is 1.60. The molecule has 0 bridgehead atoms. The van der Waals surface area contributed by atoms with Gasteiger partial charge in [0.2, 0.25) is 0 Å². The number of aryl methyl sites for hydroxylation is 1. The molecule has 2 atom stereocenters. The second kappa shape index (κ2) is 8.06. The Labute approximate surface area is 142 Å². The second-order valence-corrected chi connectivity index (χ2v) is 7.02. The summed E-state index contributed by atoms with van der Waals surface area (Å²) in [6.45, 7) is 9.82. The first kappa shape index (κ1) is 16.6. The number of aromatic nitrogens is 2. The van der Waals surface area contributed by atoms with Crippen molar-refractivity contribution in [3.63, 3.8) is 0 Å². The maximum absolute atomic E-state index is 5.69. The van der Waals surface area contributed by atoms with Gasteiger partial charge in [0.05, 0.1) is 24.9 Å². The van der Waals surface area contributed by atoms with Crippen LogP contribution in [0.5, 0.6) is 0 Å². The van der Waals surface area contributed by atoms with Gasteiger partial charge in [0.25, 0.3) is 0 Å². The smallest absolute Gasteiger partial charge is 0.0674 e. The van der Waals surface area contributed by atoms with E-state index in [9.17, 15) is 0 Å². The van der Waals surface area contributed by atoms with E-state index in [0.29, 0.717) is 12.1 Å². The topological polar surface area (TPSA) is 42.3 Å². The van der Waals surface area contributed by atoms with Crippen molar-refractivity contribution >= 4 is 11.3 Å². The van der Waals surface area contributed by atoms with Crippen molar-refractivity contribution < 1.29 is 4.74 Å². The molecule has 0 saturated carbocycles. The summed E-state index contributed by atoms with van der Waals surface area (Å²) < 4.78 is 7.66. The molecule has 2 aromatic rings. The lowest BCUT2D eigenvalue weighted by Crippen LogP contribution is -2.45. The van der Waals surface area contributed by atoms with Crippen LogP contribution in [-0.4, -0.2) is 47.0 Å². The number of hydrogen-bond acceptors (Lipinski definition) is 5. The molecule has 1 fully saturated rings. The van der Waals surface area contributed by atoms with Gasteiger partial charge in [-0.1, -0.05) is 6.07 Å². The highest BCUT2D eigenvalue weighted by Gasteiger charge is 2.25. The summed E-state index contributed by atoms with van der Waals surface area (Å²) in [5.41, 5.74) is 1.24. The van der Waals surface area contributed by atoms with E-state index < -0.39 is 0 Å². The Kier molecular flexibility index (Phi) is 5.83. The molecule has 2 aromatic heterocycles. The summed E-state index contributed by atoms with van der Waals surface area (Å²) in [5, 5.41) is 10.1.